The molecule has 37 heavy (non-hydrogen) atoms. The second kappa shape index (κ2) is 15.2. The maximum atomic E-state index is 13.1. The van der Waals surface area contributed by atoms with Gasteiger partial charge in [-0.2, -0.15) is 0 Å². The number of carboxylic acids is 2. The van der Waals surface area contributed by atoms with Gasteiger partial charge in [0.1, 0.15) is 18.1 Å². The minimum Gasteiger partial charge on any atom is -0.481 e. The van der Waals surface area contributed by atoms with Gasteiger partial charge in [0.25, 0.3) is 0 Å². The van der Waals surface area contributed by atoms with Crippen LogP contribution in [-0.2, 0) is 35.2 Å². The number of hydrogen-bond acceptors (Lipinski definition) is 7. The topological polar surface area (TPSA) is 231 Å². The Hall–Kier alpha value is -4.00. The van der Waals surface area contributed by atoms with Gasteiger partial charge in [-0.15, -0.1) is 0 Å². The molecule has 13 nitrogen and oxygen atoms in total. The molecule has 0 aliphatic heterocycles. The molecular formula is C24H35N5O8. The number of aliphatic carboxylic acids is 2. The summed E-state index contributed by atoms with van der Waals surface area (Å²) in [5, 5.41) is 25.5. The van der Waals surface area contributed by atoms with Crippen molar-refractivity contribution in [2.75, 3.05) is 0 Å². The van der Waals surface area contributed by atoms with Gasteiger partial charge in [0.05, 0.1) is 12.5 Å². The van der Waals surface area contributed by atoms with Gasteiger partial charge in [-0.3, -0.25) is 24.0 Å². The second-order valence-electron chi connectivity index (χ2n) is 9.05. The fourth-order valence-corrected chi connectivity index (χ4v) is 3.44. The smallest absolute Gasteiger partial charge is 0.326 e. The highest BCUT2D eigenvalue weighted by atomic mass is 16.4. The number of hydrogen-bond donors (Lipinski definition) is 7. The number of carboxylic acid groups (broad SMARTS) is 2. The van der Waals surface area contributed by atoms with Gasteiger partial charge < -0.3 is 37.6 Å². The largest absolute Gasteiger partial charge is 0.481 e. The maximum Gasteiger partial charge on any atom is 0.326 e. The Labute approximate surface area is 214 Å². The summed E-state index contributed by atoms with van der Waals surface area (Å²) in [4.78, 5) is 72.4. The SMILES string of the molecule is CC(C)CC(N)C(=O)NC(CCC(=O)O)C(=O)NC(Cc1ccccc1)C(=O)NC(CC(N)=O)C(=O)O. The summed E-state index contributed by atoms with van der Waals surface area (Å²) in [6, 6.07) is 3.29. The summed E-state index contributed by atoms with van der Waals surface area (Å²) in [5.41, 5.74) is 11.6. The van der Waals surface area contributed by atoms with E-state index in [0.717, 1.165) is 0 Å². The fraction of sp³-hybridized carbons (Fsp3) is 0.500. The number of rotatable bonds is 16. The molecule has 4 atom stereocenters. The van der Waals surface area contributed by atoms with Crippen molar-refractivity contribution in [2.45, 2.75) is 70.1 Å². The van der Waals surface area contributed by atoms with E-state index in [1.54, 1.807) is 30.3 Å². The number of carbonyl (C=O) groups excluding carboxylic acids is 4. The molecule has 0 aliphatic rings. The molecule has 1 aromatic rings. The quantitative estimate of drug-likeness (QED) is 0.139. The van der Waals surface area contributed by atoms with Crippen LogP contribution in [0.3, 0.4) is 0 Å². The molecule has 0 bridgehead atoms. The van der Waals surface area contributed by atoms with Crippen LogP contribution in [0.15, 0.2) is 30.3 Å². The Kier molecular flexibility index (Phi) is 12.7. The van der Waals surface area contributed by atoms with E-state index < -0.39 is 72.6 Å². The van der Waals surface area contributed by atoms with Crippen molar-refractivity contribution in [1.29, 1.82) is 0 Å². The number of nitrogens with two attached hydrogens (primary N) is 2. The van der Waals surface area contributed by atoms with Crippen molar-refractivity contribution in [1.82, 2.24) is 16.0 Å². The highest BCUT2D eigenvalue weighted by Gasteiger charge is 2.31. The molecule has 0 heterocycles. The van der Waals surface area contributed by atoms with Gasteiger partial charge in [-0.05, 0) is 24.3 Å². The summed E-state index contributed by atoms with van der Waals surface area (Å²) < 4.78 is 0. The number of carbonyl (C=O) groups is 6. The molecule has 0 radical (unpaired) electrons. The molecule has 0 fully saturated rings. The lowest BCUT2D eigenvalue weighted by Gasteiger charge is -2.25. The Morgan fingerprint density at radius 2 is 1.38 bits per heavy atom. The fourth-order valence-electron chi connectivity index (χ4n) is 3.44. The third-order valence-corrected chi connectivity index (χ3v) is 5.28. The third kappa shape index (κ3) is 12.0. The van der Waals surface area contributed by atoms with Crippen LogP contribution in [0.4, 0.5) is 0 Å². The Morgan fingerprint density at radius 1 is 0.838 bits per heavy atom. The average Bonchev–Trinajstić information content (AvgIpc) is 2.80. The molecule has 0 aliphatic carbocycles. The van der Waals surface area contributed by atoms with E-state index in [2.05, 4.69) is 16.0 Å². The number of nitrogens with one attached hydrogen (secondary N) is 3. The molecule has 0 saturated carbocycles. The lowest BCUT2D eigenvalue weighted by Crippen LogP contribution is -2.58. The van der Waals surface area contributed by atoms with E-state index in [9.17, 15) is 33.9 Å². The van der Waals surface area contributed by atoms with E-state index in [4.69, 9.17) is 16.6 Å². The highest BCUT2D eigenvalue weighted by molar-refractivity contribution is 5.95. The predicted octanol–water partition coefficient (Wildman–Crippen LogP) is -1.12. The first-order chi connectivity index (χ1) is 17.3. The Bertz CT molecular complexity index is 969. The molecule has 4 unspecified atom stereocenters. The van der Waals surface area contributed by atoms with Crippen LogP contribution in [0, 0.1) is 5.92 Å². The van der Waals surface area contributed by atoms with Crippen molar-refractivity contribution in [3.8, 4) is 0 Å². The number of primary amides is 1. The molecule has 1 rings (SSSR count). The van der Waals surface area contributed by atoms with Crippen LogP contribution >= 0.6 is 0 Å². The number of benzene rings is 1. The Morgan fingerprint density at radius 3 is 1.89 bits per heavy atom. The van der Waals surface area contributed by atoms with Gasteiger partial charge in [0.15, 0.2) is 0 Å². The van der Waals surface area contributed by atoms with Gasteiger partial charge >= 0.3 is 11.9 Å². The monoisotopic (exact) mass is 521 g/mol. The standard InChI is InChI=1S/C24H35N5O8/c1-13(2)10-15(25)21(33)27-16(8-9-20(31)32)22(34)28-17(11-14-6-4-3-5-7-14)23(35)29-18(24(36)37)12-19(26)30/h3-7,13,15-18H,8-12,25H2,1-2H3,(H2,26,30)(H,27,33)(H,28,34)(H,29,35)(H,31,32)(H,36,37). The van der Waals surface area contributed by atoms with E-state index in [1.807, 2.05) is 13.8 Å². The summed E-state index contributed by atoms with van der Waals surface area (Å²) >= 11 is 0. The molecule has 13 heteroatoms. The molecule has 0 aromatic heterocycles. The Balaban J connectivity index is 3.15. The van der Waals surface area contributed by atoms with Gasteiger partial charge in [0, 0.05) is 12.8 Å². The van der Waals surface area contributed by atoms with Crippen molar-refractivity contribution < 1.29 is 39.0 Å². The van der Waals surface area contributed by atoms with E-state index in [0.29, 0.717) is 12.0 Å². The van der Waals surface area contributed by atoms with Crippen LogP contribution in [-0.4, -0.2) is 69.9 Å². The van der Waals surface area contributed by atoms with Crippen molar-refractivity contribution in [3.05, 3.63) is 35.9 Å². The highest BCUT2D eigenvalue weighted by Crippen LogP contribution is 2.08. The minimum atomic E-state index is -1.63. The summed E-state index contributed by atoms with van der Waals surface area (Å²) in [6.45, 7) is 3.72. The zero-order valence-corrected chi connectivity index (χ0v) is 20.8. The zero-order chi connectivity index (χ0) is 28.1. The lowest BCUT2D eigenvalue weighted by molar-refractivity contribution is -0.143. The average molecular weight is 522 g/mol. The van der Waals surface area contributed by atoms with E-state index >= 15 is 0 Å². The number of amides is 4. The van der Waals surface area contributed by atoms with Gasteiger partial charge in [-0.1, -0.05) is 44.2 Å². The van der Waals surface area contributed by atoms with Gasteiger partial charge in [-0.25, -0.2) is 4.79 Å². The van der Waals surface area contributed by atoms with Crippen molar-refractivity contribution >= 4 is 35.6 Å². The zero-order valence-electron chi connectivity index (χ0n) is 20.8. The minimum absolute atomic E-state index is 0.0617. The van der Waals surface area contributed by atoms with E-state index in [-0.39, 0.29) is 18.8 Å². The first-order valence-corrected chi connectivity index (χ1v) is 11.7. The first-order valence-electron chi connectivity index (χ1n) is 11.7. The predicted molar refractivity (Wildman–Crippen MR) is 132 cm³/mol. The first kappa shape index (κ1) is 31.0. The van der Waals surface area contributed by atoms with Crippen molar-refractivity contribution in [2.24, 2.45) is 17.4 Å². The molecule has 1 aromatic carbocycles. The van der Waals surface area contributed by atoms with Crippen molar-refractivity contribution in [3.63, 3.8) is 0 Å². The normalized spacial score (nSPS) is 14.1. The summed E-state index contributed by atoms with van der Waals surface area (Å²) in [6.07, 6.45) is -1.13. The van der Waals surface area contributed by atoms with Crippen LogP contribution in [0.2, 0.25) is 0 Å². The summed E-state index contributed by atoms with van der Waals surface area (Å²) in [5.74, 6) is -5.99. The van der Waals surface area contributed by atoms with Crippen LogP contribution in [0.25, 0.3) is 0 Å². The van der Waals surface area contributed by atoms with E-state index in [1.165, 1.54) is 0 Å². The van der Waals surface area contributed by atoms with Crippen LogP contribution in [0.5, 0.6) is 0 Å². The molecule has 4 amide bonds. The molecule has 204 valence electrons. The van der Waals surface area contributed by atoms with Crippen LogP contribution < -0.4 is 27.4 Å². The van der Waals surface area contributed by atoms with Gasteiger partial charge in [0.2, 0.25) is 23.6 Å². The second-order valence-corrected chi connectivity index (χ2v) is 9.05. The third-order valence-electron chi connectivity index (χ3n) is 5.28. The maximum absolute atomic E-state index is 13.1. The van der Waals surface area contributed by atoms with Crippen LogP contribution in [0.1, 0.15) is 45.1 Å². The summed E-state index contributed by atoms with van der Waals surface area (Å²) in [7, 11) is 0. The molecular weight excluding hydrogens is 486 g/mol. The molecule has 9 N–H and O–H groups in total. The molecule has 0 saturated heterocycles. The lowest BCUT2D eigenvalue weighted by atomic mass is 10.0. The molecule has 0 spiro atoms.